The van der Waals surface area contributed by atoms with Crippen LogP contribution in [0, 0.1) is 11.3 Å². The van der Waals surface area contributed by atoms with Crippen molar-refractivity contribution in [1.29, 1.82) is 5.26 Å². The number of sulfone groups is 1. The van der Waals surface area contributed by atoms with Gasteiger partial charge in [-0.1, -0.05) is 32.0 Å². The van der Waals surface area contributed by atoms with E-state index in [1.54, 1.807) is 0 Å². The molecule has 2 rings (SSSR count). The maximum atomic E-state index is 12.9. The van der Waals surface area contributed by atoms with Gasteiger partial charge in [-0.2, -0.15) is 5.26 Å². The summed E-state index contributed by atoms with van der Waals surface area (Å²) in [7, 11) is 0.783. The van der Waals surface area contributed by atoms with Gasteiger partial charge in [0.2, 0.25) is 0 Å². The predicted molar refractivity (Wildman–Crippen MR) is 120 cm³/mol. The molecule has 164 valence electrons. The molecule has 1 aliphatic heterocycles. The number of amides is 1. The van der Waals surface area contributed by atoms with Crippen molar-refractivity contribution in [1.82, 2.24) is 9.80 Å². The molecule has 1 aromatic rings. The highest BCUT2D eigenvalue weighted by molar-refractivity contribution is 7.91. The van der Waals surface area contributed by atoms with Gasteiger partial charge in [-0.05, 0) is 44.5 Å². The average molecular weight is 433 g/mol. The van der Waals surface area contributed by atoms with E-state index in [1.165, 1.54) is 6.20 Å². The van der Waals surface area contributed by atoms with E-state index in [0.717, 1.165) is 29.7 Å². The summed E-state index contributed by atoms with van der Waals surface area (Å²) in [5.41, 5.74) is 2.78. The zero-order valence-electron chi connectivity index (χ0n) is 18.3. The number of likely N-dealkylation sites (N-methyl/N-ethyl adjacent to an activating group) is 1. The number of anilines is 1. The molecular weight excluding hydrogens is 400 g/mol. The van der Waals surface area contributed by atoms with Gasteiger partial charge >= 0.3 is 0 Å². The fourth-order valence-electron chi connectivity index (χ4n) is 3.59. The molecule has 7 nitrogen and oxygen atoms in total. The van der Waals surface area contributed by atoms with Gasteiger partial charge in [-0.3, -0.25) is 4.79 Å². The fourth-order valence-corrected chi connectivity index (χ4v) is 5.34. The second-order valence-corrected chi connectivity index (χ2v) is 10.1. The summed E-state index contributed by atoms with van der Waals surface area (Å²) < 4.78 is 23.9. The second-order valence-electron chi connectivity index (χ2n) is 7.87. The van der Waals surface area contributed by atoms with Crippen LogP contribution >= 0.6 is 0 Å². The first-order valence-corrected chi connectivity index (χ1v) is 12.2. The maximum Gasteiger partial charge on any atom is 0.267 e. The molecule has 1 unspecified atom stereocenters. The standard InChI is InChI=1S/C22H32N4O3S/c1-5-17-8-7-9-18(6-2)21(17)24-22(27)19(14-23)15-26(12-11-25(3)4)20-10-13-30(28,29)16-20/h7-9,15,20H,5-6,10-13,16H2,1-4H3,(H,24,27)/b19-15-. The lowest BCUT2D eigenvalue weighted by Gasteiger charge is -2.28. The molecule has 0 radical (unpaired) electrons. The molecule has 8 heteroatoms. The van der Waals surface area contributed by atoms with Gasteiger partial charge in [0.25, 0.3) is 5.91 Å². The third kappa shape index (κ3) is 6.31. The van der Waals surface area contributed by atoms with E-state index < -0.39 is 15.7 Å². The maximum absolute atomic E-state index is 12.9. The Labute approximate surface area is 180 Å². The largest absolute Gasteiger partial charge is 0.371 e. The molecule has 0 bridgehead atoms. The quantitative estimate of drug-likeness (QED) is 0.475. The third-order valence-electron chi connectivity index (χ3n) is 5.38. The molecule has 0 aromatic heterocycles. The van der Waals surface area contributed by atoms with Crippen molar-refractivity contribution in [2.75, 3.05) is 44.0 Å². The molecule has 1 atom stereocenters. The Bertz CT molecular complexity index is 910. The molecule has 1 aliphatic rings. The topological polar surface area (TPSA) is 93.5 Å². The molecule has 1 heterocycles. The number of nitriles is 1. The molecule has 30 heavy (non-hydrogen) atoms. The predicted octanol–water partition coefficient (Wildman–Crippen LogP) is 2.21. The second kappa shape index (κ2) is 10.6. The van der Waals surface area contributed by atoms with Crippen molar-refractivity contribution in [2.24, 2.45) is 0 Å². The number of para-hydroxylation sites is 1. The molecule has 1 N–H and O–H groups in total. The zero-order valence-corrected chi connectivity index (χ0v) is 19.1. The van der Waals surface area contributed by atoms with Crippen molar-refractivity contribution < 1.29 is 13.2 Å². The van der Waals surface area contributed by atoms with Gasteiger partial charge in [0.1, 0.15) is 11.6 Å². The lowest BCUT2D eigenvalue weighted by atomic mass is 10.0. The first kappa shape index (κ1) is 23.9. The van der Waals surface area contributed by atoms with Gasteiger partial charge in [-0.15, -0.1) is 0 Å². The van der Waals surface area contributed by atoms with E-state index in [0.29, 0.717) is 19.5 Å². The normalized spacial score (nSPS) is 18.3. The van der Waals surface area contributed by atoms with E-state index >= 15 is 0 Å². The summed E-state index contributed by atoms with van der Waals surface area (Å²) in [4.78, 5) is 16.8. The highest BCUT2D eigenvalue weighted by Gasteiger charge is 2.31. The molecule has 0 saturated carbocycles. The third-order valence-corrected chi connectivity index (χ3v) is 7.13. The summed E-state index contributed by atoms with van der Waals surface area (Å²) in [6.07, 6.45) is 3.57. The van der Waals surface area contributed by atoms with Crippen LogP contribution in [0.4, 0.5) is 5.69 Å². The van der Waals surface area contributed by atoms with Crippen molar-refractivity contribution in [3.8, 4) is 6.07 Å². The van der Waals surface area contributed by atoms with Crippen LogP contribution < -0.4 is 5.32 Å². The number of benzene rings is 1. The Morgan fingerprint density at radius 3 is 2.33 bits per heavy atom. The Morgan fingerprint density at radius 2 is 1.87 bits per heavy atom. The van der Waals surface area contributed by atoms with Crippen LogP contribution in [0.15, 0.2) is 30.0 Å². The first-order valence-electron chi connectivity index (χ1n) is 10.4. The van der Waals surface area contributed by atoms with Crippen LogP contribution in [0.1, 0.15) is 31.4 Å². The fraction of sp³-hybridized carbons (Fsp3) is 0.545. The van der Waals surface area contributed by atoms with Crippen LogP contribution in [-0.2, 0) is 27.5 Å². The van der Waals surface area contributed by atoms with Gasteiger partial charge < -0.3 is 15.1 Å². The Morgan fingerprint density at radius 1 is 1.23 bits per heavy atom. The number of hydrogen-bond donors (Lipinski definition) is 1. The lowest BCUT2D eigenvalue weighted by molar-refractivity contribution is -0.112. The van der Waals surface area contributed by atoms with Crippen molar-refractivity contribution in [3.05, 3.63) is 41.1 Å². The number of nitrogens with one attached hydrogen (secondary N) is 1. The molecular formula is C22H32N4O3S. The van der Waals surface area contributed by atoms with Gasteiger partial charge in [0, 0.05) is 31.0 Å². The van der Waals surface area contributed by atoms with E-state index in [1.807, 2.05) is 62.0 Å². The molecule has 1 aromatic carbocycles. The minimum atomic E-state index is -3.08. The Kier molecular flexibility index (Phi) is 8.44. The number of rotatable bonds is 9. The summed E-state index contributed by atoms with van der Waals surface area (Å²) in [5, 5.41) is 12.6. The van der Waals surface area contributed by atoms with E-state index in [9.17, 15) is 18.5 Å². The minimum Gasteiger partial charge on any atom is -0.371 e. The van der Waals surface area contributed by atoms with Gasteiger partial charge in [0.05, 0.1) is 11.5 Å². The number of nitrogens with zero attached hydrogens (tertiary/aromatic N) is 3. The number of carbonyl (C=O) groups excluding carboxylic acids is 1. The highest BCUT2D eigenvalue weighted by atomic mass is 32.2. The Hall–Kier alpha value is -2.37. The van der Waals surface area contributed by atoms with Gasteiger partial charge in [0.15, 0.2) is 9.84 Å². The number of hydrogen-bond acceptors (Lipinski definition) is 6. The first-order chi connectivity index (χ1) is 14.2. The SMILES string of the molecule is CCc1cccc(CC)c1NC(=O)/C(C#N)=C\N(CCN(C)C)C1CCS(=O)(=O)C1. The summed E-state index contributed by atoms with van der Waals surface area (Å²) in [5.74, 6) is -0.277. The molecule has 1 amide bonds. The summed E-state index contributed by atoms with van der Waals surface area (Å²) in [6.45, 7) is 5.27. The Balaban J connectivity index is 2.30. The minimum absolute atomic E-state index is 0.0222. The zero-order chi connectivity index (χ0) is 22.3. The molecule has 1 fully saturated rings. The van der Waals surface area contributed by atoms with Crippen molar-refractivity contribution in [3.63, 3.8) is 0 Å². The highest BCUT2D eigenvalue weighted by Crippen LogP contribution is 2.24. The average Bonchev–Trinajstić information content (AvgIpc) is 3.07. The smallest absolute Gasteiger partial charge is 0.267 e. The summed E-state index contributed by atoms with van der Waals surface area (Å²) >= 11 is 0. The number of carbonyl (C=O) groups is 1. The molecule has 0 spiro atoms. The van der Waals surface area contributed by atoms with Crippen molar-refractivity contribution in [2.45, 2.75) is 39.2 Å². The molecule has 1 saturated heterocycles. The van der Waals surface area contributed by atoms with Crippen LogP contribution in [-0.4, -0.2) is 68.9 Å². The van der Waals surface area contributed by atoms with Crippen molar-refractivity contribution >= 4 is 21.4 Å². The number of aryl methyl sites for hydroxylation is 2. The van der Waals surface area contributed by atoms with Crippen LogP contribution in [0.3, 0.4) is 0 Å². The monoisotopic (exact) mass is 432 g/mol. The van der Waals surface area contributed by atoms with E-state index in [-0.39, 0.29) is 23.1 Å². The van der Waals surface area contributed by atoms with Crippen LogP contribution in [0.2, 0.25) is 0 Å². The lowest BCUT2D eigenvalue weighted by Crippen LogP contribution is -2.37. The van der Waals surface area contributed by atoms with Crippen LogP contribution in [0.5, 0.6) is 0 Å². The van der Waals surface area contributed by atoms with E-state index in [4.69, 9.17) is 0 Å². The van der Waals surface area contributed by atoms with Gasteiger partial charge in [-0.25, -0.2) is 8.42 Å². The van der Waals surface area contributed by atoms with E-state index in [2.05, 4.69) is 5.32 Å². The van der Waals surface area contributed by atoms with Crippen LogP contribution in [0.25, 0.3) is 0 Å². The summed E-state index contributed by atoms with van der Waals surface area (Å²) in [6, 6.07) is 7.69. The molecule has 0 aliphatic carbocycles.